The Kier molecular flexibility index (Phi) is 4.42. The monoisotopic (exact) mass is 320 g/mol. The fourth-order valence-corrected chi connectivity index (χ4v) is 2.23. The summed E-state index contributed by atoms with van der Waals surface area (Å²) < 4.78 is 32.4. The van der Waals surface area contributed by atoms with Gasteiger partial charge in [-0.1, -0.05) is 6.07 Å². The molecule has 2 aromatic rings. The van der Waals surface area contributed by atoms with E-state index in [2.05, 4.69) is 15.3 Å². The first kappa shape index (κ1) is 15.3. The normalized spacial score (nSPS) is 14.6. The number of hydrogen-bond donors (Lipinski definition) is 1. The van der Waals surface area contributed by atoms with Crippen LogP contribution in [-0.2, 0) is 4.74 Å². The number of amides is 1. The number of nitrogens with zero attached hydrogens (tertiary/aromatic N) is 3. The average molecular weight is 320 g/mol. The van der Waals surface area contributed by atoms with Crippen LogP contribution in [0.3, 0.4) is 0 Å². The highest BCUT2D eigenvalue weighted by Crippen LogP contribution is 2.19. The molecule has 1 saturated heterocycles. The maximum Gasteiger partial charge on any atom is 0.274 e. The number of para-hydroxylation sites is 1. The molecule has 0 bridgehead atoms. The van der Waals surface area contributed by atoms with Gasteiger partial charge in [-0.25, -0.2) is 18.7 Å². The maximum absolute atomic E-state index is 13.6. The van der Waals surface area contributed by atoms with Crippen molar-refractivity contribution in [3.05, 3.63) is 47.9 Å². The fourth-order valence-electron chi connectivity index (χ4n) is 2.23. The second-order valence-electron chi connectivity index (χ2n) is 4.91. The standard InChI is InChI=1S/C15H14F2N4O2/c16-10-2-1-3-11(17)14(10)20-15(22)12-8-13(19-9-18-12)21-4-6-23-7-5-21/h1-3,8-9H,4-7H2,(H,20,22). The van der Waals surface area contributed by atoms with Crippen molar-refractivity contribution in [3.8, 4) is 0 Å². The first-order valence-corrected chi connectivity index (χ1v) is 7.05. The highest BCUT2D eigenvalue weighted by molar-refractivity contribution is 6.03. The lowest BCUT2D eigenvalue weighted by atomic mass is 10.2. The van der Waals surface area contributed by atoms with Crippen LogP contribution in [0.2, 0.25) is 0 Å². The first-order valence-electron chi connectivity index (χ1n) is 7.05. The van der Waals surface area contributed by atoms with E-state index in [0.717, 1.165) is 12.1 Å². The molecular formula is C15H14F2N4O2. The number of benzene rings is 1. The van der Waals surface area contributed by atoms with Gasteiger partial charge in [-0.05, 0) is 12.1 Å². The van der Waals surface area contributed by atoms with Crippen LogP contribution < -0.4 is 10.2 Å². The lowest BCUT2D eigenvalue weighted by molar-refractivity contribution is 0.102. The van der Waals surface area contributed by atoms with Crippen LogP contribution in [0.5, 0.6) is 0 Å². The molecule has 2 heterocycles. The molecule has 0 spiro atoms. The molecule has 1 amide bonds. The van der Waals surface area contributed by atoms with Gasteiger partial charge >= 0.3 is 0 Å². The van der Waals surface area contributed by atoms with Gasteiger partial charge in [0.2, 0.25) is 0 Å². The van der Waals surface area contributed by atoms with Crippen molar-refractivity contribution >= 4 is 17.4 Å². The quantitative estimate of drug-likeness (QED) is 0.935. The minimum Gasteiger partial charge on any atom is -0.378 e. The van der Waals surface area contributed by atoms with Crippen LogP contribution in [0.25, 0.3) is 0 Å². The van der Waals surface area contributed by atoms with Gasteiger partial charge < -0.3 is 15.0 Å². The Bertz CT molecular complexity index is 700. The van der Waals surface area contributed by atoms with Crippen molar-refractivity contribution in [2.45, 2.75) is 0 Å². The van der Waals surface area contributed by atoms with Crippen molar-refractivity contribution in [2.24, 2.45) is 0 Å². The van der Waals surface area contributed by atoms with Crippen molar-refractivity contribution in [1.82, 2.24) is 9.97 Å². The van der Waals surface area contributed by atoms with Gasteiger partial charge in [0.1, 0.15) is 35.2 Å². The molecule has 3 rings (SSSR count). The number of morpholine rings is 1. The maximum atomic E-state index is 13.6. The van der Waals surface area contributed by atoms with Crippen molar-refractivity contribution in [2.75, 3.05) is 36.5 Å². The Morgan fingerprint density at radius 2 is 1.87 bits per heavy atom. The highest BCUT2D eigenvalue weighted by atomic mass is 19.1. The number of anilines is 2. The summed E-state index contributed by atoms with van der Waals surface area (Å²) >= 11 is 0. The topological polar surface area (TPSA) is 67.4 Å². The van der Waals surface area contributed by atoms with E-state index in [1.54, 1.807) is 0 Å². The summed E-state index contributed by atoms with van der Waals surface area (Å²) in [5, 5.41) is 2.20. The van der Waals surface area contributed by atoms with E-state index < -0.39 is 23.2 Å². The summed E-state index contributed by atoms with van der Waals surface area (Å²) in [6.45, 7) is 2.46. The van der Waals surface area contributed by atoms with Gasteiger partial charge in [0.05, 0.1) is 13.2 Å². The van der Waals surface area contributed by atoms with E-state index in [0.29, 0.717) is 32.1 Å². The molecule has 0 radical (unpaired) electrons. The van der Waals surface area contributed by atoms with Crippen LogP contribution in [0.15, 0.2) is 30.6 Å². The van der Waals surface area contributed by atoms with Crippen LogP contribution >= 0.6 is 0 Å². The summed E-state index contributed by atoms with van der Waals surface area (Å²) in [7, 11) is 0. The number of rotatable bonds is 3. The first-order chi connectivity index (χ1) is 11.1. The number of nitrogens with one attached hydrogen (secondary N) is 1. The van der Waals surface area contributed by atoms with E-state index in [4.69, 9.17) is 4.74 Å². The SMILES string of the molecule is O=C(Nc1c(F)cccc1F)c1cc(N2CCOCC2)ncn1. The molecule has 0 unspecified atom stereocenters. The van der Waals surface area contributed by atoms with Crippen LogP contribution in [0.4, 0.5) is 20.3 Å². The molecule has 1 aliphatic heterocycles. The number of hydrogen-bond acceptors (Lipinski definition) is 5. The number of carbonyl (C=O) groups excluding carboxylic acids is 1. The molecule has 0 atom stereocenters. The van der Waals surface area contributed by atoms with Crippen LogP contribution in [0.1, 0.15) is 10.5 Å². The zero-order valence-corrected chi connectivity index (χ0v) is 12.1. The molecule has 0 aliphatic carbocycles. The minimum atomic E-state index is -0.846. The van der Waals surface area contributed by atoms with E-state index in [-0.39, 0.29) is 5.69 Å². The third kappa shape index (κ3) is 3.42. The van der Waals surface area contributed by atoms with Gasteiger partial charge in [0.15, 0.2) is 0 Å². The predicted molar refractivity (Wildman–Crippen MR) is 79.4 cm³/mol. The summed E-state index contributed by atoms with van der Waals surface area (Å²) in [4.78, 5) is 22.1. The lowest BCUT2D eigenvalue weighted by Crippen LogP contribution is -2.37. The van der Waals surface area contributed by atoms with Gasteiger partial charge in [-0.15, -0.1) is 0 Å². The number of carbonyl (C=O) groups is 1. The predicted octanol–water partition coefficient (Wildman–Crippen LogP) is 1.84. The molecule has 1 aromatic carbocycles. The van der Waals surface area contributed by atoms with E-state index in [1.807, 2.05) is 4.90 Å². The Morgan fingerprint density at radius 1 is 1.17 bits per heavy atom. The van der Waals surface area contributed by atoms with E-state index in [9.17, 15) is 13.6 Å². The molecule has 1 N–H and O–H groups in total. The largest absolute Gasteiger partial charge is 0.378 e. The molecule has 120 valence electrons. The minimum absolute atomic E-state index is 0.0316. The third-order valence-electron chi connectivity index (χ3n) is 3.42. The van der Waals surface area contributed by atoms with Gasteiger partial charge in [-0.3, -0.25) is 4.79 Å². The zero-order chi connectivity index (χ0) is 16.2. The Labute approximate surface area is 131 Å². The molecule has 8 heteroatoms. The summed E-state index contributed by atoms with van der Waals surface area (Å²) in [5.74, 6) is -1.82. The van der Waals surface area contributed by atoms with Crippen LogP contribution in [0, 0.1) is 11.6 Å². The van der Waals surface area contributed by atoms with E-state index in [1.165, 1.54) is 18.5 Å². The summed E-state index contributed by atoms with van der Waals surface area (Å²) in [5.41, 5.74) is -0.465. The molecule has 1 aromatic heterocycles. The van der Waals surface area contributed by atoms with Gasteiger partial charge in [0, 0.05) is 19.2 Å². The second-order valence-corrected chi connectivity index (χ2v) is 4.91. The highest BCUT2D eigenvalue weighted by Gasteiger charge is 2.17. The smallest absolute Gasteiger partial charge is 0.274 e. The van der Waals surface area contributed by atoms with Crippen LogP contribution in [-0.4, -0.2) is 42.2 Å². The molecule has 1 fully saturated rings. The van der Waals surface area contributed by atoms with Crippen molar-refractivity contribution in [1.29, 1.82) is 0 Å². The molecule has 0 saturated carbocycles. The zero-order valence-electron chi connectivity index (χ0n) is 12.1. The van der Waals surface area contributed by atoms with Gasteiger partial charge in [-0.2, -0.15) is 0 Å². The number of aromatic nitrogens is 2. The summed E-state index contributed by atoms with van der Waals surface area (Å²) in [6, 6.07) is 4.84. The average Bonchev–Trinajstić information content (AvgIpc) is 2.59. The van der Waals surface area contributed by atoms with E-state index >= 15 is 0 Å². The second kappa shape index (κ2) is 6.66. The molecular weight excluding hydrogens is 306 g/mol. The number of ether oxygens (including phenoxy) is 1. The summed E-state index contributed by atoms with van der Waals surface area (Å²) in [6.07, 6.45) is 1.25. The van der Waals surface area contributed by atoms with Crippen molar-refractivity contribution < 1.29 is 18.3 Å². The lowest BCUT2D eigenvalue weighted by Gasteiger charge is -2.27. The number of halogens is 2. The Hall–Kier alpha value is -2.61. The molecule has 23 heavy (non-hydrogen) atoms. The molecule has 1 aliphatic rings. The molecule has 6 nitrogen and oxygen atoms in total. The third-order valence-corrected chi connectivity index (χ3v) is 3.42. The van der Waals surface area contributed by atoms with Crippen molar-refractivity contribution in [3.63, 3.8) is 0 Å². The van der Waals surface area contributed by atoms with Gasteiger partial charge in [0.25, 0.3) is 5.91 Å². The Morgan fingerprint density at radius 3 is 2.57 bits per heavy atom. The fraction of sp³-hybridized carbons (Fsp3) is 0.267. The Balaban J connectivity index is 1.80.